The number of hydrogen-bond acceptors (Lipinski definition) is 4. The van der Waals surface area contributed by atoms with Gasteiger partial charge in [0.25, 0.3) is 6.47 Å². The molecule has 0 fully saturated rings. The molecular formula is C5H12N2O2. The lowest BCUT2D eigenvalue weighted by Crippen LogP contribution is -2.23. The molecule has 9 heavy (non-hydrogen) atoms. The van der Waals surface area contributed by atoms with E-state index in [2.05, 4.69) is 4.74 Å². The van der Waals surface area contributed by atoms with Crippen molar-refractivity contribution < 1.29 is 12.3 Å². The van der Waals surface area contributed by atoms with E-state index in [4.69, 9.17) is 14.2 Å². The van der Waals surface area contributed by atoms with Gasteiger partial charge in [0.2, 0.25) is 0 Å². The van der Waals surface area contributed by atoms with Crippen LogP contribution in [0.15, 0.2) is 0 Å². The van der Waals surface area contributed by atoms with E-state index >= 15 is 0 Å². The Kier molecular flexibility index (Phi) is 3.19. The molecule has 0 bridgehead atoms. The average Bonchev–Trinajstić information content (AvgIpc) is 1.87. The molecule has 0 amide bonds. The van der Waals surface area contributed by atoms with Gasteiger partial charge in [0.05, 0.1) is 0 Å². The summed E-state index contributed by atoms with van der Waals surface area (Å²) >= 11 is 0. The highest BCUT2D eigenvalue weighted by Gasteiger charge is 1.98. The van der Waals surface area contributed by atoms with Crippen molar-refractivity contribution >= 4 is 6.47 Å². The maximum atomic E-state index is 9.73. The summed E-state index contributed by atoms with van der Waals surface area (Å²) in [6.07, 6.45) is -2.56. The zero-order valence-electron chi connectivity index (χ0n) is 7.04. The van der Waals surface area contributed by atoms with E-state index in [9.17, 15) is 4.79 Å². The van der Waals surface area contributed by atoms with Crippen LogP contribution in [-0.4, -0.2) is 19.2 Å². The summed E-state index contributed by atoms with van der Waals surface area (Å²) in [6.45, 7) is 0.0557. The molecule has 0 rings (SSSR count). The van der Waals surface area contributed by atoms with Crippen molar-refractivity contribution in [2.24, 2.45) is 11.5 Å². The van der Waals surface area contributed by atoms with Crippen LogP contribution in [0.5, 0.6) is 0 Å². The van der Waals surface area contributed by atoms with Crippen molar-refractivity contribution in [3.8, 4) is 0 Å². The fraction of sp³-hybridized carbons (Fsp3) is 0.800. The predicted molar refractivity (Wildman–Crippen MR) is 33.4 cm³/mol. The summed E-state index contributed by atoms with van der Waals surface area (Å²) in [5.74, 6) is 0. The van der Waals surface area contributed by atoms with E-state index in [0.717, 1.165) is 0 Å². The Labute approximate surface area is 57.0 Å². The van der Waals surface area contributed by atoms with E-state index in [0.29, 0.717) is 0 Å². The molecule has 0 radical (unpaired) electrons. The maximum absolute atomic E-state index is 9.73. The monoisotopic (exact) mass is 134 g/mol. The predicted octanol–water partition coefficient (Wildman–Crippen LogP) is -0.817. The minimum absolute atomic E-state index is 0.0811. The number of hydrogen-bond donors (Lipinski definition) is 2. The van der Waals surface area contributed by atoms with Crippen LogP contribution >= 0.6 is 0 Å². The molecule has 0 aromatic heterocycles. The number of ether oxygens (including phenoxy) is 1. The molecule has 54 valence electrons. The molecule has 0 aromatic rings. The lowest BCUT2D eigenvalue weighted by molar-refractivity contribution is -0.133. The minimum atomic E-state index is -1.57. The second kappa shape index (κ2) is 5.53. The Bertz CT molecular complexity index is 132. The first-order valence-electron chi connectivity index (χ1n) is 3.56. The number of carbonyl (C=O) groups excluding carboxylic acids is 1. The van der Waals surface area contributed by atoms with Gasteiger partial charge in [-0.25, -0.2) is 0 Å². The van der Waals surface area contributed by atoms with Crippen LogP contribution in [-0.2, 0) is 9.53 Å². The third kappa shape index (κ3) is 5.26. The van der Waals surface area contributed by atoms with Crippen LogP contribution in [0, 0.1) is 0 Å². The normalized spacial score (nSPS) is 17.6. The van der Waals surface area contributed by atoms with Gasteiger partial charge in [-0.1, -0.05) is 0 Å². The minimum Gasteiger partial charge on any atom is -0.449 e. The van der Waals surface area contributed by atoms with Crippen molar-refractivity contribution in [2.75, 3.05) is 6.54 Å². The van der Waals surface area contributed by atoms with Crippen molar-refractivity contribution in [2.45, 2.75) is 19.0 Å². The Morgan fingerprint density at radius 2 is 2.56 bits per heavy atom. The van der Waals surface area contributed by atoms with E-state index in [1.807, 2.05) is 0 Å². The summed E-state index contributed by atoms with van der Waals surface area (Å²) in [4.78, 5) is 9.73. The van der Waals surface area contributed by atoms with Gasteiger partial charge in [0.1, 0.15) is 0 Å². The summed E-state index contributed by atoms with van der Waals surface area (Å²) in [7, 11) is 0. The molecule has 0 aliphatic carbocycles. The van der Waals surface area contributed by atoms with E-state index in [1.54, 1.807) is 0 Å². The SMILES string of the molecule is [2H]C([2H])(CN)C[C@H](N)OC=O. The lowest BCUT2D eigenvalue weighted by atomic mass is 10.3. The van der Waals surface area contributed by atoms with Crippen LogP contribution in [0.4, 0.5) is 0 Å². The first kappa shape index (κ1) is 5.20. The zero-order chi connectivity index (χ0) is 8.91. The summed E-state index contributed by atoms with van der Waals surface area (Å²) in [5.41, 5.74) is 10.3. The molecule has 4 nitrogen and oxygen atoms in total. The molecule has 0 heterocycles. The third-order valence-corrected chi connectivity index (χ3v) is 0.720. The van der Waals surface area contributed by atoms with Gasteiger partial charge in [0, 0.05) is 2.74 Å². The Morgan fingerprint density at radius 1 is 1.89 bits per heavy atom. The first-order valence-corrected chi connectivity index (χ1v) is 2.56. The zero-order valence-corrected chi connectivity index (χ0v) is 5.04. The third-order valence-electron chi connectivity index (χ3n) is 0.720. The second-order valence-electron chi connectivity index (χ2n) is 1.43. The van der Waals surface area contributed by atoms with Gasteiger partial charge in [0.15, 0.2) is 6.23 Å². The standard InChI is InChI=1S/C5H12N2O2/c6-3-1-2-5(7)9-4-8/h4-5H,1-3,6-7H2/t5-/m1/s1/i1D2. The summed E-state index contributed by atoms with van der Waals surface area (Å²) < 4.78 is 18.6. The van der Waals surface area contributed by atoms with Gasteiger partial charge in [-0.15, -0.1) is 0 Å². The molecule has 0 aliphatic rings. The molecule has 0 unspecified atom stereocenters. The molecule has 4 N–H and O–H groups in total. The number of nitrogens with two attached hydrogens (primary N) is 2. The maximum Gasteiger partial charge on any atom is 0.294 e. The largest absolute Gasteiger partial charge is 0.449 e. The molecule has 0 saturated heterocycles. The highest BCUT2D eigenvalue weighted by Crippen LogP contribution is 1.91. The molecule has 0 saturated carbocycles. The van der Waals surface area contributed by atoms with E-state index in [-0.39, 0.29) is 19.4 Å². The van der Waals surface area contributed by atoms with Crippen LogP contribution in [0.25, 0.3) is 0 Å². The topological polar surface area (TPSA) is 78.3 Å². The van der Waals surface area contributed by atoms with Gasteiger partial charge < -0.3 is 10.5 Å². The lowest BCUT2D eigenvalue weighted by Gasteiger charge is -2.06. The Balaban J connectivity index is 3.72. The van der Waals surface area contributed by atoms with Gasteiger partial charge in [-0.05, 0) is 19.3 Å². The smallest absolute Gasteiger partial charge is 0.294 e. The number of rotatable bonds is 5. The fourth-order valence-corrected chi connectivity index (χ4v) is 0.345. The van der Waals surface area contributed by atoms with E-state index < -0.39 is 12.6 Å². The Hall–Kier alpha value is -0.610. The first-order chi connectivity index (χ1) is 5.02. The highest BCUT2D eigenvalue weighted by atomic mass is 16.5. The van der Waals surface area contributed by atoms with Crippen molar-refractivity contribution in [3.63, 3.8) is 0 Å². The number of carbonyl (C=O) groups is 1. The van der Waals surface area contributed by atoms with Crippen LogP contribution in [0.2, 0.25) is 0 Å². The fourth-order valence-electron chi connectivity index (χ4n) is 0.345. The van der Waals surface area contributed by atoms with Crippen molar-refractivity contribution in [1.82, 2.24) is 0 Å². The van der Waals surface area contributed by atoms with Crippen LogP contribution in [0.3, 0.4) is 0 Å². The van der Waals surface area contributed by atoms with Crippen molar-refractivity contribution in [3.05, 3.63) is 0 Å². The second-order valence-corrected chi connectivity index (χ2v) is 1.43. The Morgan fingerprint density at radius 3 is 3.00 bits per heavy atom. The molecule has 0 aliphatic heterocycles. The molecular weight excluding hydrogens is 120 g/mol. The highest BCUT2D eigenvalue weighted by molar-refractivity contribution is 5.37. The van der Waals surface area contributed by atoms with Crippen LogP contribution < -0.4 is 11.5 Å². The van der Waals surface area contributed by atoms with Gasteiger partial charge >= 0.3 is 0 Å². The van der Waals surface area contributed by atoms with Gasteiger partial charge in [-0.3, -0.25) is 10.5 Å². The average molecular weight is 134 g/mol. The van der Waals surface area contributed by atoms with E-state index in [1.165, 1.54) is 0 Å². The van der Waals surface area contributed by atoms with Crippen molar-refractivity contribution in [1.29, 1.82) is 0 Å². The molecule has 4 heteroatoms. The molecule has 1 atom stereocenters. The molecule has 0 aromatic carbocycles. The summed E-state index contributed by atoms with van der Waals surface area (Å²) in [5, 5.41) is 0. The quantitative estimate of drug-likeness (QED) is 0.380. The summed E-state index contributed by atoms with van der Waals surface area (Å²) in [6, 6.07) is 0. The van der Waals surface area contributed by atoms with Gasteiger partial charge in [-0.2, -0.15) is 0 Å². The van der Waals surface area contributed by atoms with Crippen LogP contribution in [0.1, 0.15) is 15.5 Å². The molecule has 0 spiro atoms.